The maximum atomic E-state index is 11.5. The van der Waals surface area contributed by atoms with Gasteiger partial charge in [-0.15, -0.1) is 0 Å². The summed E-state index contributed by atoms with van der Waals surface area (Å²) in [5, 5.41) is 6.11. The molecule has 2 N–H and O–H groups in total. The van der Waals surface area contributed by atoms with E-state index < -0.39 is 0 Å². The zero-order valence-corrected chi connectivity index (χ0v) is 11.1. The highest BCUT2D eigenvalue weighted by Gasteiger charge is 2.12. The van der Waals surface area contributed by atoms with Crippen LogP contribution >= 0.6 is 0 Å². The summed E-state index contributed by atoms with van der Waals surface area (Å²) < 4.78 is 5.29. The fourth-order valence-corrected chi connectivity index (χ4v) is 1.47. The van der Waals surface area contributed by atoms with Crippen molar-refractivity contribution < 1.29 is 9.21 Å². The first-order chi connectivity index (χ1) is 7.88. The van der Waals surface area contributed by atoms with Crippen molar-refractivity contribution >= 4 is 5.91 Å². The van der Waals surface area contributed by atoms with Crippen molar-refractivity contribution in [3.8, 4) is 0 Å². The largest absolute Gasteiger partial charge is 0.468 e. The average Bonchev–Trinajstić information content (AvgIpc) is 2.56. The number of carbonyl (C=O) groups is 1. The molecule has 0 saturated heterocycles. The van der Waals surface area contributed by atoms with Gasteiger partial charge in [0.25, 0.3) is 0 Å². The highest BCUT2D eigenvalue weighted by molar-refractivity contribution is 5.76. The lowest BCUT2D eigenvalue weighted by Gasteiger charge is -2.20. The molecule has 4 nitrogen and oxygen atoms in total. The first-order valence-corrected chi connectivity index (χ1v) is 5.93. The molecule has 1 aromatic rings. The molecule has 0 spiro atoms. The molecule has 96 valence electrons. The Bertz CT molecular complexity index is 364. The van der Waals surface area contributed by atoms with Gasteiger partial charge in [-0.2, -0.15) is 0 Å². The third kappa shape index (κ3) is 5.54. The molecule has 0 aromatic carbocycles. The molecule has 4 heteroatoms. The van der Waals surface area contributed by atoms with Crippen LogP contribution in [0, 0.1) is 6.92 Å². The highest BCUT2D eigenvalue weighted by Crippen LogP contribution is 2.07. The van der Waals surface area contributed by atoms with E-state index in [2.05, 4.69) is 10.6 Å². The Kier molecular flexibility index (Phi) is 4.75. The second-order valence-electron chi connectivity index (χ2n) is 5.25. The van der Waals surface area contributed by atoms with Gasteiger partial charge in [0.05, 0.1) is 12.8 Å². The van der Waals surface area contributed by atoms with Crippen LogP contribution in [0.2, 0.25) is 0 Å². The molecule has 0 aliphatic heterocycles. The molecule has 0 aliphatic rings. The molecular weight excluding hydrogens is 216 g/mol. The van der Waals surface area contributed by atoms with E-state index in [1.807, 2.05) is 33.8 Å². The zero-order valence-electron chi connectivity index (χ0n) is 11.1. The van der Waals surface area contributed by atoms with Crippen LogP contribution in [0.15, 0.2) is 16.7 Å². The van der Waals surface area contributed by atoms with Crippen molar-refractivity contribution in [2.45, 2.75) is 46.2 Å². The predicted octanol–water partition coefficient (Wildman–Crippen LogP) is 1.98. The van der Waals surface area contributed by atoms with Gasteiger partial charge in [0, 0.05) is 18.5 Å². The van der Waals surface area contributed by atoms with Gasteiger partial charge in [0.2, 0.25) is 5.91 Å². The van der Waals surface area contributed by atoms with Crippen molar-refractivity contribution in [1.82, 2.24) is 10.6 Å². The number of hydrogen-bond donors (Lipinski definition) is 2. The van der Waals surface area contributed by atoms with Gasteiger partial charge >= 0.3 is 0 Å². The minimum absolute atomic E-state index is 0.0705. The van der Waals surface area contributed by atoms with Crippen molar-refractivity contribution in [2.75, 3.05) is 6.54 Å². The molecule has 0 bridgehead atoms. The van der Waals surface area contributed by atoms with Gasteiger partial charge in [-0.25, -0.2) is 0 Å². The van der Waals surface area contributed by atoms with Crippen molar-refractivity contribution in [1.29, 1.82) is 0 Å². The molecule has 0 aliphatic carbocycles. The topological polar surface area (TPSA) is 54.3 Å². The molecule has 0 saturated carbocycles. The van der Waals surface area contributed by atoms with E-state index in [-0.39, 0.29) is 11.4 Å². The maximum absolute atomic E-state index is 11.5. The second-order valence-corrected chi connectivity index (χ2v) is 5.25. The predicted molar refractivity (Wildman–Crippen MR) is 67.7 cm³/mol. The first-order valence-electron chi connectivity index (χ1n) is 5.93. The van der Waals surface area contributed by atoms with Crippen LogP contribution in [0.4, 0.5) is 0 Å². The third-order valence-electron chi connectivity index (χ3n) is 2.30. The summed E-state index contributed by atoms with van der Waals surface area (Å²) in [5.74, 6) is 1.00. The molecule has 1 amide bonds. The van der Waals surface area contributed by atoms with Crippen LogP contribution in [0.5, 0.6) is 0 Å². The van der Waals surface area contributed by atoms with Crippen LogP contribution < -0.4 is 10.6 Å². The van der Waals surface area contributed by atoms with Gasteiger partial charge in [-0.05, 0) is 39.3 Å². The molecule has 0 fully saturated rings. The molecule has 0 atom stereocenters. The first kappa shape index (κ1) is 13.8. The van der Waals surface area contributed by atoms with Crippen molar-refractivity contribution in [3.63, 3.8) is 0 Å². The van der Waals surface area contributed by atoms with E-state index in [1.54, 1.807) is 6.26 Å². The highest BCUT2D eigenvalue weighted by atomic mass is 16.3. The zero-order chi connectivity index (χ0) is 12.9. The Morgan fingerprint density at radius 3 is 2.65 bits per heavy atom. The second kappa shape index (κ2) is 5.87. The quantitative estimate of drug-likeness (QED) is 0.771. The van der Waals surface area contributed by atoms with Gasteiger partial charge in [0.1, 0.15) is 5.76 Å². The van der Waals surface area contributed by atoms with Gasteiger partial charge in [0.15, 0.2) is 0 Å². The summed E-state index contributed by atoms with van der Waals surface area (Å²) in [5.41, 5.74) is 0.978. The number of nitrogens with one attached hydrogen (secondary N) is 2. The molecule has 1 rings (SSSR count). The summed E-state index contributed by atoms with van der Waals surface area (Å²) in [6.07, 6.45) is 2.16. The van der Waals surface area contributed by atoms with Crippen LogP contribution in [-0.2, 0) is 11.3 Å². The molecule has 1 aromatic heterocycles. The van der Waals surface area contributed by atoms with Crippen LogP contribution in [0.3, 0.4) is 0 Å². The van der Waals surface area contributed by atoms with E-state index in [0.717, 1.165) is 11.3 Å². The van der Waals surface area contributed by atoms with Crippen LogP contribution in [-0.4, -0.2) is 18.0 Å². The average molecular weight is 238 g/mol. The number of rotatable bonds is 5. The van der Waals surface area contributed by atoms with Crippen molar-refractivity contribution in [2.24, 2.45) is 0 Å². The number of aryl methyl sites for hydroxylation is 1. The lowest BCUT2D eigenvalue weighted by Crippen LogP contribution is -2.41. The number of furan rings is 1. The molecule has 0 radical (unpaired) electrons. The van der Waals surface area contributed by atoms with Crippen molar-refractivity contribution in [3.05, 3.63) is 23.7 Å². The third-order valence-corrected chi connectivity index (χ3v) is 2.30. The number of amides is 1. The molecule has 1 heterocycles. The standard InChI is InChI=1S/C13H22N2O2/c1-10-6-8-17-11(10)9-14-7-5-12(16)15-13(2,3)4/h6,8,14H,5,7,9H2,1-4H3,(H,15,16). The fraction of sp³-hybridized carbons (Fsp3) is 0.615. The Morgan fingerprint density at radius 1 is 1.41 bits per heavy atom. The smallest absolute Gasteiger partial charge is 0.221 e. The van der Waals surface area contributed by atoms with Gasteiger partial charge in [-0.3, -0.25) is 4.79 Å². The SMILES string of the molecule is Cc1ccoc1CNCCC(=O)NC(C)(C)C. The van der Waals surface area contributed by atoms with E-state index in [9.17, 15) is 4.79 Å². The Labute approximate surface area is 103 Å². The molecular formula is C13H22N2O2. The lowest BCUT2D eigenvalue weighted by atomic mass is 10.1. The Hall–Kier alpha value is -1.29. The van der Waals surface area contributed by atoms with E-state index in [4.69, 9.17) is 4.42 Å². The summed E-state index contributed by atoms with van der Waals surface area (Å²) in [4.78, 5) is 11.5. The Balaban J connectivity index is 2.17. The number of carbonyl (C=O) groups excluding carboxylic acids is 1. The fourth-order valence-electron chi connectivity index (χ4n) is 1.47. The van der Waals surface area contributed by atoms with E-state index in [0.29, 0.717) is 19.5 Å². The maximum Gasteiger partial charge on any atom is 0.221 e. The van der Waals surface area contributed by atoms with Gasteiger partial charge < -0.3 is 15.1 Å². The van der Waals surface area contributed by atoms with Crippen LogP contribution in [0.25, 0.3) is 0 Å². The van der Waals surface area contributed by atoms with Gasteiger partial charge in [-0.1, -0.05) is 0 Å². The monoisotopic (exact) mass is 238 g/mol. The molecule has 0 unspecified atom stereocenters. The Morgan fingerprint density at radius 2 is 2.12 bits per heavy atom. The summed E-state index contributed by atoms with van der Waals surface area (Å²) in [6, 6.07) is 1.93. The normalized spacial score (nSPS) is 11.5. The lowest BCUT2D eigenvalue weighted by molar-refractivity contribution is -0.122. The molecule has 17 heavy (non-hydrogen) atoms. The number of hydrogen-bond acceptors (Lipinski definition) is 3. The van der Waals surface area contributed by atoms with Crippen LogP contribution in [0.1, 0.15) is 38.5 Å². The minimum Gasteiger partial charge on any atom is -0.468 e. The minimum atomic E-state index is -0.158. The summed E-state index contributed by atoms with van der Waals surface area (Å²) in [6.45, 7) is 9.26. The van der Waals surface area contributed by atoms with E-state index >= 15 is 0 Å². The summed E-state index contributed by atoms with van der Waals surface area (Å²) in [7, 11) is 0. The van der Waals surface area contributed by atoms with E-state index in [1.165, 1.54) is 0 Å². The summed E-state index contributed by atoms with van der Waals surface area (Å²) >= 11 is 0.